The van der Waals surface area contributed by atoms with E-state index in [1.54, 1.807) is 0 Å². The van der Waals surface area contributed by atoms with Crippen LogP contribution >= 0.6 is 22.6 Å². The number of hydrogen-bond donors (Lipinski definition) is 1. The van der Waals surface area contributed by atoms with Crippen molar-refractivity contribution < 1.29 is 0 Å². The maximum atomic E-state index is 8.98. The van der Waals surface area contributed by atoms with E-state index in [1.807, 2.05) is 12.1 Å². The average Bonchev–Trinajstić information content (AvgIpc) is 2.18. The topological polar surface area (TPSA) is 49.8 Å². The SMILES string of the molecule is N#Cc1ccc(I)c2c1CCC[C@@H]2N. The summed E-state index contributed by atoms with van der Waals surface area (Å²) in [5, 5.41) is 8.98. The van der Waals surface area contributed by atoms with Crippen LogP contribution in [0.1, 0.15) is 35.6 Å². The highest BCUT2D eigenvalue weighted by Gasteiger charge is 2.21. The molecule has 0 fully saturated rings. The molecule has 2 N–H and O–H groups in total. The standard InChI is InChI=1S/C11H11IN2/c12-9-5-4-7(6-13)8-2-1-3-10(14)11(8)9/h4-5,10H,1-3,14H2/t10-/m0/s1. The quantitative estimate of drug-likeness (QED) is 0.748. The average molecular weight is 298 g/mol. The monoisotopic (exact) mass is 298 g/mol. The number of nitrogens with zero attached hydrogens (tertiary/aromatic N) is 1. The minimum atomic E-state index is 0.124. The Morgan fingerprint density at radius 3 is 3.00 bits per heavy atom. The Balaban J connectivity index is 2.65. The fourth-order valence-electron chi connectivity index (χ4n) is 2.05. The maximum absolute atomic E-state index is 8.98. The van der Waals surface area contributed by atoms with Gasteiger partial charge in [0.05, 0.1) is 11.6 Å². The fourth-order valence-corrected chi connectivity index (χ4v) is 2.96. The van der Waals surface area contributed by atoms with Crippen molar-refractivity contribution >= 4 is 22.6 Å². The third-order valence-corrected chi connectivity index (χ3v) is 3.68. The molecule has 2 nitrogen and oxygen atoms in total. The van der Waals surface area contributed by atoms with Crippen molar-refractivity contribution in [2.24, 2.45) is 5.73 Å². The highest BCUT2D eigenvalue weighted by Crippen LogP contribution is 2.33. The molecule has 0 aliphatic heterocycles. The van der Waals surface area contributed by atoms with Crippen LogP contribution in [0.3, 0.4) is 0 Å². The Kier molecular flexibility index (Phi) is 2.75. The Bertz CT molecular complexity index is 406. The second kappa shape index (κ2) is 3.87. The van der Waals surface area contributed by atoms with Gasteiger partial charge in [0.15, 0.2) is 0 Å². The molecular formula is C11H11IN2. The zero-order valence-corrected chi connectivity index (χ0v) is 9.91. The molecule has 0 amide bonds. The van der Waals surface area contributed by atoms with Gasteiger partial charge in [0.1, 0.15) is 0 Å². The van der Waals surface area contributed by atoms with Crippen molar-refractivity contribution in [3.05, 3.63) is 32.4 Å². The summed E-state index contributed by atoms with van der Waals surface area (Å²) in [6.07, 6.45) is 3.14. The summed E-state index contributed by atoms with van der Waals surface area (Å²) in [5.41, 5.74) is 9.24. The molecule has 1 aromatic rings. The van der Waals surface area contributed by atoms with Gasteiger partial charge in [-0.2, -0.15) is 5.26 Å². The summed E-state index contributed by atoms with van der Waals surface area (Å²) < 4.78 is 1.20. The molecule has 0 aromatic heterocycles. The number of rotatable bonds is 0. The molecule has 1 aromatic carbocycles. The number of nitrogens with two attached hydrogens (primary N) is 1. The van der Waals surface area contributed by atoms with E-state index in [1.165, 1.54) is 14.7 Å². The lowest BCUT2D eigenvalue weighted by atomic mass is 9.85. The highest BCUT2D eigenvalue weighted by molar-refractivity contribution is 14.1. The van der Waals surface area contributed by atoms with Crippen LogP contribution < -0.4 is 5.73 Å². The van der Waals surface area contributed by atoms with Gasteiger partial charge >= 0.3 is 0 Å². The molecule has 72 valence electrons. The molecule has 14 heavy (non-hydrogen) atoms. The van der Waals surface area contributed by atoms with Crippen LogP contribution in [0.25, 0.3) is 0 Å². The Labute approximate surface area is 97.2 Å². The molecule has 1 atom stereocenters. The van der Waals surface area contributed by atoms with Gasteiger partial charge in [-0.15, -0.1) is 0 Å². The number of fused-ring (bicyclic) bond motifs is 1. The van der Waals surface area contributed by atoms with Gasteiger partial charge in [-0.05, 0) is 65.1 Å². The van der Waals surface area contributed by atoms with Gasteiger partial charge in [-0.3, -0.25) is 0 Å². The van der Waals surface area contributed by atoms with Crippen molar-refractivity contribution in [2.75, 3.05) is 0 Å². The fraction of sp³-hybridized carbons (Fsp3) is 0.364. The van der Waals surface area contributed by atoms with E-state index in [0.717, 1.165) is 24.8 Å². The summed E-state index contributed by atoms with van der Waals surface area (Å²) in [6, 6.07) is 6.26. The van der Waals surface area contributed by atoms with Gasteiger partial charge in [0.2, 0.25) is 0 Å². The molecule has 3 heteroatoms. The Hall–Kier alpha value is -0.600. The van der Waals surface area contributed by atoms with Crippen LogP contribution in [0.2, 0.25) is 0 Å². The van der Waals surface area contributed by atoms with Crippen molar-refractivity contribution in [2.45, 2.75) is 25.3 Å². The van der Waals surface area contributed by atoms with Crippen LogP contribution in [0, 0.1) is 14.9 Å². The molecule has 0 saturated carbocycles. The van der Waals surface area contributed by atoms with Gasteiger partial charge < -0.3 is 5.73 Å². The van der Waals surface area contributed by atoms with E-state index in [4.69, 9.17) is 11.0 Å². The largest absolute Gasteiger partial charge is 0.324 e. The molecule has 0 unspecified atom stereocenters. The molecule has 1 aliphatic rings. The lowest BCUT2D eigenvalue weighted by Gasteiger charge is -2.24. The van der Waals surface area contributed by atoms with E-state index in [-0.39, 0.29) is 6.04 Å². The predicted octanol–water partition coefficient (Wildman–Crippen LogP) is 2.50. The van der Waals surface area contributed by atoms with Crippen molar-refractivity contribution in [3.8, 4) is 6.07 Å². The summed E-state index contributed by atoms with van der Waals surface area (Å²) in [6.45, 7) is 0. The van der Waals surface area contributed by atoms with E-state index in [2.05, 4.69) is 28.7 Å². The first-order valence-corrected chi connectivity index (χ1v) is 5.79. The van der Waals surface area contributed by atoms with Crippen molar-refractivity contribution in [3.63, 3.8) is 0 Å². The van der Waals surface area contributed by atoms with Crippen LogP contribution in [-0.2, 0) is 6.42 Å². The number of halogens is 1. The lowest BCUT2D eigenvalue weighted by molar-refractivity contribution is 0.567. The lowest BCUT2D eigenvalue weighted by Crippen LogP contribution is -2.19. The van der Waals surface area contributed by atoms with Gasteiger partial charge in [0.25, 0.3) is 0 Å². The van der Waals surface area contributed by atoms with E-state index >= 15 is 0 Å². The molecule has 0 spiro atoms. The third-order valence-electron chi connectivity index (χ3n) is 2.74. The Morgan fingerprint density at radius 2 is 2.29 bits per heavy atom. The Morgan fingerprint density at radius 1 is 1.50 bits per heavy atom. The molecule has 0 radical (unpaired) electrons. The molecule has 0 bridgehead atoms. The maximum Gasteiger partial charge on any atom is 0.0994 e. The molecule has 0 heterocycles. The third kappa shape index (κ3) is 1.53. The van der Waals surface area contributed by atoms with E-state index in [9.17, 15) is 0 Å². The minimum Gasteiger partial charge on any atom is -0.324 e. The predicted molar refractivity (Wildman–Crippen MR) is 63.7 cm³/mol. The zero-order valence-electron chi connectivity index (χ0n) is 7.76. The second-order valence-corrected chi connectivity index (χ2v) is 4.76. The first kappa shape index (κ1) is 9.94. The number of hydrogen-bond acceptors (Lipinski definition) is 2. The van der Waals surface area contributed by atoms with Crippen LogP contribution in [0.5, 0.6) is 0 Å². The van der Waals surface area contributed by atoms with Crippen LogP contribution in [0.15, 0.2) is 12.1 Å². The summed E-state index contributed by atoms with van der Waals surface area (Å²) in [5.74, 6) is 0. The van der Waals surface area contributed by atoms with Crippen LogP contribution in [-0.4, -0.2) is 0 Å². The van der Waals surface area contributed by atoms with Crippen molar-refractivity contribution in [1.29, 1.82) is 5.26 Å². The van der Waals surface area contributed by atoms with E-state index < -0.39 is 0 Å². The minimum absolute atomic E-state index is 0.124. The van der Waals surface area contributed by atoms with Gasteiger partial charge in [0, 0.05) is 9.61 Å². The van der Waals surface area contributed by atoms with Gasteiger partial charge in [-0.1, -0.05) is 0 Å². The summed E-state index contributed by atoms with van der Waals surface area (Å²) >= 11 is 2.30. The second-order valence-electron chi connectivity index (χ2n) is 3.60. The first-order valence-electron chi connectivity index (χ1n) is 4.71. The van der Waals surface area contributed by atoms with Crippen LogP contribution in [0.4, 0.5) is 0 Å². The highest BCUT2D eigenvalue weighted by atomic mass is 127. The smallest absolute Gasteiger partial charge is 0.0994 e. The first-order chi connectivity index (χ1) is 6.74. The van der Waals surface area contributed by atoms with E-state index in [0.29, 0.717) is 0 Å². The number of benzene rings is 1. The van der Waals surface area contributed by atoms with Crippen molar-refractivity contribution in [1.82, 2.24) is 0 Å². The molecular weight excluding hydrogens is 287 g/mol. The zero-order chi connectivity index (χ0) is 10.1. The summed E-state index contributed by atoms with van der Waals surface area (Å²) in [4.78, 5) is 0. The molecule has 2 rings (SSSR count). The molecule has 1 aliphatic carbocycles. The normalized spacial score (nSPS) is 19.9. The summed E-state index contributed by atoms with van der Waals surface area (Å²) in [7, 11) is 0. The molecule has 0 saturated heterocycles. The van der Waals surface area contributed by atoms with Gasteiger partial charge in [-0.25, -0.2) is 0 Å². The number of nitriles is 1.